The summed E-state index contributed by atoms with van der Waals surface area (Å²) in [6.07, 6.45) is -0.993. The van der Waals surface area contributed by atoms with Crippen LogP contribution in [0.4, 0.5) is 4.79 Å². The van der Waals surface area contributed by atoms with Gasteiger partial charge in [0, 0.05) is 0 Å². The van der Waals surface area contributed by atoms with E-state index in [4.69, 9.17) is 14.2 Å². The average Bonchev–Trinajstić information content (AvgIpc) is 2.54. The van der Waals surface area contributed by atoms with Crippen molar-refractivity contribution < 1.29 is 23.8 Å². The summed E-state index contributed by atoms with van der Waals surface area (Å²) in [4.78, 5) is 25.3. The zero-order valence-electron chi connectivity index (χ0n) is 12.4. The van der Waals surface area contributed by atoms with E-state index in [1.807, 2.05) is 13.8 Å². The quantitative estimate of drug-likeness (QED) is 0.733. The third-order valence-electron chi connectivity index (χ3n) is 2.96. The summed E-state index contributed by atoms with van der Waals surface area (Å²) in [5, 5.41) is 0. The number of amides is 1. The normalized spacial score (nSPS) is 25.5. The second kappa shape index (κ2) is 5.77. The largest absolute Gasteiger partial charge is 0.467 e. The minimum atomic E-state index is -0.896. The number of hydrogen-bond acceptors (Lipinski definition) is 5. The van der Waals surface area contributed by atoms with Crippen LogP contribution in [0.1, 0.15) is 34.6 Å². The molecule has 0 radical (unpaired) electrons. The molecule has 2 atom stereocenters. The summed E-state index contributed by atoms with van der Waals surface area (Å²) in [6, 6.07) is -0.778. The summed E-state index contributed by atoms with van der Waals surface area (Å²) in [5.41, 5.74) is -0.896. The third kappa shape index (κ3) is 3.37. The second-order valence-corrected chi connectivity index (χ2v) is 5.58. The van der Waals surface area contributed by atoms with E-state index in [2.05, 4.69) is 0 Å². The van der Waals surface area contributed by atoms with Gasteiger partial charge in [-0.2, -0.15) is 0 Å². The van der Waals surface area contributed by atoms with E-state index in [0.717, 1.165) is 0 Å². The highest BCUT2D eigenvalue weighted by Crippen LogP contribution is 2.33. The van der Waals surface area contributed by atoms with Crippen LogP contribution in [-0.2, 0) is 19.0 Å². The molecule has 0 aromatic heterocycles. The molecule has 19 heavy (non-hydrogen) atoms. The van der Waals surface area contributed by atoms with Crippen LogP contribution < -0.4 is 0 Å². The molecule has 0 bridgehead atoms. The average molecular weight is 273 g/mol. The van der Waals surface area contributed by atoms with E-state index in [1.54, 1.807) is 20.8 Å². The highest BCUT2D eigenvalue weighted by Gasteiger charge is 2.52. The molecule has 6 nitrogen and oxygen atoms in total. The number of ether oxygens (including phenoxy) is 3. The van der Waals surface area contributed by atoms with Gasteiger partial charge in [-0.25, -0.2) is 9.59 Å². The van der Waals surface area contributed by atoms with Crippen LogP contribution in [-0.4, -0.2) is 48.5 Å². The number of methoxy groups -OCH3 is 1. The first-order chi connectivity index (χ1) is 8.70. The van der Waals surface area contributed by atoms with E-state index in [0.29, 0.717) is 6.61 Å². The van der Waals surface area contributed by atoms with E-state index in [-0.39, 0.29) is 5.92 Å². The minimum absolute atomic E-state index is 0.226. The zero-order chi connectivity index (χ0) is 14.8. The summed E-state index contributed by atoms with van der Waals surface area (Å²) in [6.45, 7) is 9.37. The summed E-state index contributed by atoms with van der Waals surface area (Å²) in [5.74, 6) is -0.274. The summed E-state index contributed by atoms with van der Waals surface area (Å²) < 4.78 is 15.6. The predicted molar refractivity (Wildman–Crippen MR) is 68.5 cm³/mol. The van der Waals surface area contributed by atoms with Crippen LogP contribution in [0.5, 0.6) is 0 Å². The van der Waals surface area contributed by atoms with Gasteiger partial charge in [-0.05, 0) is 26.7 Å². The highest BCUT2D eigenvalue weighted by molar-refractivity contribution is 5.83. The summed E-state index contributed by atoms with van der Waals surface area (Å²) >= 11 is 0. The van der Waals surface area contributed by atoms with Gasteiger partial charge in [0.15, 0.2) is 6.04 Å². The van der Waals surface area contributed by atoms with Crippen LogP contribution in [0, 0.1) is 5.92 Å². The van der Waals surface area contributed by atoms with Crippen LogP contribution in [0.15, 0.2) is 0 Å². The number of carbonyl (C=O) groups excluding carboxylic acids is 2. The molecule has 2 unspecified atom stereocenters. The van der Waals surface area contributed by atoms with Crippen LogP contribution >= 0.6 is 0 Å². The molecule has 1 fully saturated rings. The van der Waals surface area contributed by atoms with Gasteiger partial charge in [0.25, 0.3) is 0 Å². The zero-order valence-corrected chi connectivity index (χ0v) is 12.4. The van der Waals surface area contributed by atoms with Crippen molar-refractivity contribution in [2.45, 2.75) is 52.5 Å². The molecule has 0 aromatic carbocycles. The summed E-state index contributed by atoms with van der Waals surface area (Å²) in [7, 11) is 1.29. The molecular formula is C13H23NO5. The maximum absolute atomic E-state index is 12.2. The van der Waals surface area contributed by atoms with E-state index < -0.39 is 29.9 Å². The second-order valence-electron chi connectivity index (χ2n) is 5.58. The topological polar surface area (TPSA) is 65.1 Å². The van der Waals surface area contributed by atoms with E-state index >= 15 is 0 Å². The molecule has 0 spiro atoms. The Hall–Kier alpha value is -1.30. The molecule has 1 heterocycles. The SMILES string of the molecule is COC(=O)C1C(C)OC(C)(C)N1C(=O)OCC(C)C. The number of esters is 1. The fourth-order valence-electron chi connectivity index (χ4n) is 2.18. The van der Waals surface area contributed by atoms with Gasteiger partial charge in [0.1, 0.15) is 5.72 Å². The van der Waals surface area contributed by atoms with Crippen molar-refractivity contribution in [3.8, 4) is 0 Å². The Kier molecular flexibility index (Phi) is 4.79. The lowest BCUT2D eigenvalue weighted by molar-refractivity contribution is -0.146. The Bertz CT molecular complexity index is 353. The lowest BCUT2D eigenvalue weighted by Gasteiger charge is -2.31. The maximum Gasteiger partial charge on any atom is 0.412 e. The van der Waals surface area contributed by atoms with Gasteiger partial charge >= 0.3 is 12.1 Å². The molecule has 110 valence electrons. The number of rotatable bonds is 3. The van der Waals surface area contributed by atoms with E-state index in [1.165, 1.54) is 12.0 Å². The third-order valence-corrected chi connectivity index (χ3v) is 2.96. The fraction of sp³-hybridized carbons (Fsp3) is 0.846. The van der Waals surface area contributed by atoms with Crippen molar-refractivity contribution in [2.75, 3.05) is 13.7 Å². The van der Waals surface area contributed by atoms with Crippen LogP contribution in [0.3, 0.4) is 0 Å². The Morgan fingerprint density at radius 1 is 1.37 bits per heavy atom. The Labute approximate surface area is 114 Å². The lowest BCUT2D eigenvalue weighted by atomic mass is 10.1. The molecule has 0 saturated carbocycles. The van der Waals surface area contributed by atoms with Gasteiger partial charge in [-0.3, -0.25) is 4.90 Å². The number of hydrogen-bond donors (Lipinski definition) is 0. The molecule has 1 aliphatic rings. The predicted octanol–water partition coefficient (Wildman–Crippen LogP) is 1.78. The minimum Gasteiger partial charge on any atom is -0.467 e. The highest BCUT2D eigenvalue weighted by atomic mass is 16.6. The van der Waals surface area contributed by atoms with Crippen molar-refractivity contribution in [3.63, 3.8) is 0 Å². The Morgan fingerprint density at radius 2 is 1.95 bits per heavy atom. The molecular weight excluding hydrogens is 250 g/mol. The smallest absolute Gasteiger partial charge is 0.412 e. The van der Waals surface area contributed by atoms with Crippen molar-refractivity contribution in [2.24, 2.45) is 5.92 Å². The number of nitrogens with zero attached hydrogens (tertiary/aromatic N) is 1. The van der Waals surface area contributed by atoms with Crippen LogP contribution in [0.25, 0.3) is 0 Å². The lowest BCUT2D eigenvalue weighted by Crippen LogP contribution is -2.52. The van der Waals surface area contributed by atoms with Crippen LogP contribution in [0.2, 0.25) is 0 Å². The fourth-order valence-corrected chi connectivity index (χ4v) is 2.18. The molecule has 0 aromatic rings. The molecule has 1 aliphatic heterocycles. The van der Waals surface area contributed by atoms with Gasteiger partial charge in [-0.1, -0.05) is 13.8 Å². The molecule has 1 rings (SSSR count). The van der Waals surface area contributed by atoms with Crippen molar-refractivity contribution in [1.82, 2.24) is 4.90 Å². The van der Waals surface area contributed by atoms with Crippen molar-refractivity contribution in [1.29, 1.82) is 0 Å². The van der Waals surface area contributed by atoms with Gasteiger partial charge < -0.3 is 14.2 Å². The van der Waals surface area contributed by atoms with Gasteiger partial charge in [0.2, 0.25) is 0 Å². The molecule has 0 N–H and O–H groups in total. The molecule has 6 heteroatoms. The van der Waals surface area contributed by atoms with Crippen molar-refractivity contribution >= 4 is 12.1 Å². The standard InChI is InChI=1S/C13H23NO5/c1-8(2)7-18-12(16)14-10(11(15)17-6)9(3)19-13(14,4)5/h8-10H,7H2,1-6H3. The molecule has 1 amide bonds. The first-order valence-corrected chi connectivity index (χ1v) is 6.42. The maximum atomic E-state index is 12.2. The molecule has 1 saturated heterocycles. The first-order valence-electron chi connectivity index (χ1n) is 6.42. The van der Waals surface area contributed by atoms with Gasteiger partial charge in [-0.15, -0.1) is 0 Å². The van der Waals surface area contributed by atoms with Gasteiger partial charge in [0.05, 0.1) is 19.8 Å². The Morgan fingerprint density at radius 3 is 2.42 bits per heavy atom. The molecule has 0 aliphatic carbocycles. The van der Waals surface area contributed by atoms with Crippen molar-refractivity contribution in [3.05, 3.63) is 0 Å². The monoisotopic (exact) mass is 273 g/mol. The first kappa shape index (κ1) is 15.8. The van der Waals surface area contributed by atoms with E-state index in [9.17, 15) is 9.59 Å². The Balaban J connectivity index is 2.90. The number of carbonyl (C=O) groups is 2.